The number of amidine groups is 1. The number of benzene rings is 1. The van der Waals surface area contributed by atoms with Gasteiger partial charge in [0.25, 0.3) is 0 Å². The highest BCUT2D eigenvalue weighted by Gasteiger charge is 2.30. The molecule has 0 amide bonds. The van der Waals surface area contributed by atoms with Gasteiger partial charge >= 0.3 is 5.38 Å². The largest absolute Gasteiger partial charge is 0.361 e. The highest BCUT2D eigenvalue weighted by Crippen LogP contribution is 2.20. The fourth-order valence-corrected chi connectivity index (χ4v) is 1.56. The first-order valence-electron chi connectivity index (χ1n) is 4.37. The van der Waals surface area contributed by atoms with Crippen LogP contribution in [0, 0.1) is 0 Å². The van der Waals surface area contributed by atoms with Gasteiger partial charge in [-0.1, -0.05) is 18.2 Å². The lowest BCUT2D eigenvalue weighted by atomic mass is 10.3. The van der Waals surface area contributed by atoms with E-state index in [1.54, 1.807) is 12.1 Å². The van der Waals surface area contributed by atoms with Crippen molar-refractivity contribution in [3.63, 3.8) is 0 Å². The van der Waals surface area contributed by atoms with E-state index in [4.69, 9.17) is 23.2 Å². The third-order valence-electron chi connectivity index (χ3n) is 1.73. The fraction of sp³-hybridized carbons (Fsp3) is 0.111. The van der Waals surface area contributed by atoms with Gasteiger partial charge < -0.3 is 5.32 Å². The maximum atomic E-state index is 13.3. The Hall–Kier alpha value is -1.33. The standard InChI is InChI=1S/C9H7Cl2FN4/c10-7-14-8(16-9(11,12)15-7)13-6-4-2-1-3-5-6/h1-5H,(H2,13,14,15,16). The van der Waals surface area contributed by atoms with Gasteiger partial charge in [0.1, 0.15) is 0 Å². The van der Waals surface area contributed by atoms with E-state index in [1.165, 1.54) is 0 Å². The van der Waals surface area contributed by atoms with E-state index in [2.05, 4.69) is 20.6 Å². The Kier molecular flexibility index (Phi) is 2.98. The molecule has 1 aromatic rings. The predicted molar refractivity (Wildman–Crippen MR) is 63.6 cm³/mol. The number of para-hydroxylation sites is 1. The minimum atomic E-state index is -2.46. The van der Waals surface area contributed by atoms with Crippen molar-refractivity contribution in [2.75, 3.05) is 5.32 Å². The summed E-state index contributed by atoms with van der Waals surface area (Å²) in [6.45, 7) is 0. The van der Waals surface area contributed by atoms with Crippen LogP contribution >= 0.6 is 23.2 Å². The first-order chi connectivity index (χ1) is 7.55. The summed E-state index contributed by atoms with van der Waals surface area (Å²) in [5.41, 5.74) is 0.712. The second-order valence-corrected chi connectivity index (χ2v) is 3.85. The molecular weight excluding hydrogens is 254 g/mol. The molecule has 0 aliphatic carbocycles. The molecule has 16 heavy (non-hydrogen) atoms. The van der Waals surface area contributed by atoms with E-state index in [0.717, 1.165) is 0 Å². The SMILES string of the molecule is FC1(Cl)N=C(Nc2ccccc2)N=C(Cl)N1. The van der Waals surface area contributed by atoms with E-state index in [9.17, 15) is 4.39 Å². The van der Waals surface area contributed by atoms with E-state index in [-0.39, 0.29) is 11.3 Å². The van der Waals surface area contributed by atoms with Crippen LogP contribution in [0.15, 0.2) is 40.3 Å². The molecule has 0 saturated carbocycles. The molecule has 1 aliphatic heterocycles. The van der Waals surface area contributed by atoms with Crippen molar-refractivity contribution in [3.8, 4) is 0 Å². The van der Waals surface area contributed by atoms with E-state index in [1.807, 2.05) is 18.2 Å². The van der Waals surface area contributed by atoms with Crippen LogP contribution in [-0.2, 0) is 0 Å². The number of nitrogens with zero attached hydrogens (tertiary/aromatic N) is 2. The molecule has 7 heteroatoms. The average Bonchev–Trinajstić information content (AvgIpc) is 2.15. The lowest BCUT2D eigenvalue weighted by Crippen LogP contribution is -2.41. The van der Waals surface area contributed by atoms with Gasteiger partial charge in [-0.25, -0.2) is 0 Å². The molecular formula is C9H7Cl2FN4. The number of hydrogen-bond acceptors (Lipinski definition) is 4. The molecule has 0 saturated heterocycles. The zero-order valence-electron chi connectivity index (χ0n) is 7.92. The molecule has 4 nitrogen and oxygen atoms in total. The van der Waals surface area contributed by atoms with Crippen molar-refractivity contribution in [1.82, 2.24) is 5.32 Å². The molecule has 84 valence electrons. The van der Waals surface area contributed by atoms with Crippen LogP contribution in [0.4, 0.5) is 10.1 Å². The summed E-state index contributed by atoms with van der Waals surface area (Å²) < 4.78 is 13.3. The Labute approximate surface area is 101 Å². The molecule has 2 N–H and O–H groups in total. The highest BCUT2D eigenvalue weighted by atomic mass is 35.5. The van der Waals surface area contributed by atoms with Crippen molar-refractivity contribution in [2.24, 2.45) is 9.98 Å². The maximum Gasteiger partial charge on any atom is 0.361 e. The number of anilines is 1. The number of halogens is 3. The number of hydrogen-bond donors (Lipinski definition) is 2. The van der Waals surface area contributed by atoms with Crippen LogP contribution < -0.4 is 10.6 Å². The van der Waals surface area contributed by atoms with Crippen molar-refractivity contribution in [1.29, 1.82) is 0 Å². The zero-order chi connectivity index (χ0) is 11.6. The minimum absolute atomic E-state index is 0.00690. The van der Waals surface area contributed by atoms with Crippen LogP contribution in [-0.4, -0.2) is 16.6 Å². The van der Waals surface area contributed by atoms with Crippen LogP contribution in [0.5, 0.6) is 0 Å². The van der Waals surface area contributed by atoms with Gasteiger partial charge in [0.2, 0.25) is 11.3 Å². The molecule has 0 fully saturated rings. The predicted octanol–water partition coefficient (Wildman–Crippen LogP) is 2.47. The molecule has 0 aromatic heterocycles. The Morgan fingerprint density at radius 3 is 2.62 bits per heavy atom. The van der Waals surface area contributed by atoms with Gasteiger partial charge in [-0.05, 0) is 35.3 Å². The molecule has 2 rings (SSSR count). The summed E-state index contributed by atoms with van der Waals surface area (Å²) in [5, 5.41) is 2.21. The van der Waals surface area contributed by atoms with E-state index < -0.39 is 5.38 Å². The van der Waals surface area contributed by atoms with Gasteiger partial charge in [-0.15, -0.1) is 0 Å². The number of nitrogens with one attached hydrogen (secondary N) is 2. The quantitative estimate of drug-likeness (QED) is 0.602. The normalized spacial score (nSPS) is 24.2. The molecule has 0 spiro atoms. The number of alkyl halides is 2. The zero-order valence-corrected chi connectivity index (χ0v) is 9.43. The topological polar surface area (TPSA) is 48.8 Å². The van der Waals surface area contributed by atoms with Gasteiger partial charge in [0, 0.05) is 5.69 Å². The monoisotopic (exact) mass is 260 g/mol. The second kappa shape index (κ2) is 4.27. The molecule has 0 bridgehead atoms. The van der Waals surface area contributed by atoms with Crippen molar-refractivity contribution >= 4 is 40.1 Å². The molecule has 0 radical (unpaired) electrons. The maximum absolute atomic E-state index is 13.3. The number of rotatable bonds is 1. The lowest BCUT2D eigenvalue weighted by Gasteiger charge is -2.20. The summed E-state index contributed by atoms with van der Waals surface area (Å²) >= 11 is 10.9. The summed E-state index contributed by atoms with van der Waals surface area (Å²) in [6, 6.07) is 9.05. The second-order valence-electron chi connectivity index (χ2n) is 3.00. The van der Waals surface area contributed by atoms with Crippen LogP contribution in [0.3, 0.4) is 0 Å². The third kappa shape index (κ3) is 2.84. The summed E-state index contributed by atoms with van der Waals surface area (Å²) in [6.07, 6.45) is 0. The fourth-order valence-electron chi connectivity index (χ4n) is 1.14. The van der Waals surface area contributed by atoms with Gasteiger partial charge in [-0.2, -0.15) is 14.4 Å². The number of aliphatic imine (C=N–C) groups is 2. The van der Waals surface area contributed by atoms with Crippen LogP contribution in [0.25, 0.3) is 0 Å². The molecule has 1 aliphatic rings. The van der Waals surface area contributed by atoms with E-state index >= 15 is 0 Å². The lowest BCUT2D eigenvalue weighted by molar-refractivity contribution is 0.268. The highest BCUT2D eigenvalue weighted by molar-refractivity contribution is 6.66. The summed E-state index contributed by atoms with van der Waals surface area (Å²) in [5.74, 6) is 0.00690. The van der Waals surface area contributed by atoms with Crippen molar-refractivity contribution in [3.05, 3.63) is 30.3 Å². The van der Waals surface area contributed by atoms with Crippen LogP contribution in [0.2, 0.25) is 0 Å². The summed E-state index contributed by atoms with van der Waals surface area (Å²) in [7, 11) is 0. The van der Waals surface area contributed by atoms with Crippen LogP contribution in [0.1, 0.15) is 0 Å². The summed E-state index contributed by atoms with van der Waals surface area (Å²) in [4.78, 5) is 7.24. The first kappa shape index (κ1) is 11.2. The Bertz CT molecular complexity index is 444. The first-order valence-corrected chi connectivity index (χ1v) is 5.13. The Balaban J connectivity index is 2.19. The van der Waals surface area contributed by atoms with Gasteiger partial charge in [-0.3, -0.25) is 5.32 Å². The molecule has 1 atom stereocenters. The average molecular weight is 261 g/mol. The van der Waals surface area contributed by atoms with Gasteiger partial charge in [0.15, 0.2) is 0 Å². The minimum Gasteiger partial charge on any atom is -0.324 e. The molecule has 1 unspecified atom stereocenters. The molecule has 1 aromatic carbocycles. The van der Waals surface area contributed by atoms with Crippen molar-refractivity contribution < 1.29 is 4.39 Å². The smallest absolute Gasteiger partial charge is 0.324 e. The van der Waals surface area contributed by atoms with Crippen molar-refractivity contribution in [2.45, 2.75) is 5.38 Å². The third-order valence-corrected chi connectivity index (χ3v) is 2.09. The van der Waals surface area contributed by atoms with E-state index in [0.29, 0.717) is 5.69 Å². The molecule has 1 heterocycles. The van der Waals surface area contributed by atoms with Gasteiger partial charge in [0.05, 0.1) is 0 Å². The Morgan fingerprint density at radius 1 is 1.31 bits per heavy atom. The Morgan fingerprint density at radius 2 is 2.00 bits per heavy atom. The number of guanidine groups is 1.